The lowest BCUT2D eigenvalue weighted by molar-refractivity contribution is -0.150. The maximum atomic E-state index is 13.1. The van der Waals surface area contributed by atoms with E-state index in [1.807, 2.05) is 26.0 Å². The van der Waals surface area contributed by atoms with Gasteiger partial charge in [-0.25, -0.2) is 4.79 Å². The summed E-state index contributed by atoms with van der Waals surface area (Å²) in [6.45, 7) is 6.35. The van der Waals surface area contributed by atoms with Crippen LogP contribution in [0.1, 0.15) is 47.0 Å². The molecule has 1 fully saturated rings. The van der Waals surface area contributed by atoms with Gasteiger partial charge in [0, 0.05) is 11.1 Å². The topological polar surface area (TPSA) is 92.8 Å². The molecule has 3 amide bonds. The molecule has 7 heteroatoms. The summed E-state index contributed by atoms with van der Waals surface area (Å²) in [5, 5.41) is 2.51. The number of aryl methyl sites for hydroxylation is 2. The molecule has 1 atom stereocenters. The van der Waals surface area contributed by atoms with E-state index in [1.165, 1.54) is 0 Å². The molecule has 1 N–H and O–H groups in total. The van der Waals surface area contributed by atoms with Crippen LogP contribution in [0.3, 0.4) is 0 Å². The Morgan fingerprint density at radius 2 is 1.50 bits per heavy atom. The van der Waals surface area contributed by atoms with E-state index in [-0.39, 0.29) is 5.78 Å². The van der Waals surface area contributed by atoms with Gasteiger partial charge in [0.1, 0.15) is 12.1 Å². The molecule has 2 aromatic rings. The lowest BCUT2D eigenvalue weighted by atomic mass is 9.98. The molecule has 156 valence electrons. The van der Waals surface area contributed by atoms with Crippen molar-refractivity contribution in [1.82, 2.24) is 10.2 Å². The lowest BCUT2D eigenvalue weighted by Crippen LogP contribution is -2.41. The smallest absolute Gasteiger partial charge is 0.327 e. The van der Waals surface area contributed by atoms with Crippen molar-refractivity contribution in [2.45, 2.75) is 39.3 Å². The molecular formula is C23H24N2O5. The summed E-state index contributed by atoms with van der Waals surface area (Å²) in [5.74, 6) is -1.76. The first-order chi connectivity index (χ1) is 14.1. The normalized spacial score (nSPS) is 16.2. The number of hydrogen-bond acceptors (Lipinski definition) is 5. The van der Waals surface area contributed by atoms with Crippen molar-refractivity contribution in [3.05, 3.63) is 70.8 Å². The zero-order valence-corrected chi connectivity index (χ0v) is 17.4. The predicted molar refractivity (Wildman–Crippen MR) is 110 cm³/mol. The molecule has 1 heterocycles. The number of ketones is 1. The fourth-order valence-electron chi connectivity index (χ4n) is 3.14. The van der Waals surface area contributed by atoms with Crippen LogP contribution >= 0.6 is 0 Å². The second-order valence-electron chi connectivity index (χ2n) is 7.96. The van der Waals surface area contributed by atoms with Crippen molar-refractivity contribution < 1.29 is 23.9 Å². The zero-order valence-electron chi connectivity index (χ0n) is 17.4. The molecule has 1 saturated heterocycles. The number of amides is 3. The number of rotatable bonds is 6. The molecule has 0 spiro atoms. The monoisotopic (exact) mass is 408 g/mol. The number of carbonyl (C=O) groups is 4. The maximum absolute atomic E-state index is 13.1. The molecular weight excluding hydrogens is 384 g/mol. The summed E-state index contributed by atoms with van der Waals surface area (Å²) in [4.78, 5) is 50.9. The summed E-state index contributed by atoms with van der Waals surface area (Å²) in [7, 11) is 0. The number of Topliss-reactive ketones (excluding diaryl/α,β-unsaturated/α-hetero) is 1. The van der Waals surface area contributed by atoms with E-state index in [0.29, 0.717) is 11.1 Å². The van der Waals surface area contributed by atoms with Gasteiger partial charge in [-0.2, -0.15) is 0 Å². The first-order valence-corrected chi connectivity index (χ1v) is 9.59. The number of ether oxygens (including phenoxy) is 1. The maximum Gasteiger partial charge on any atom is 0.327 e. The molecule has 7 nitrogen and oxygen atoms in total. The fraction of sp³-hybridized carbons (Fsp3) is 0.304. The van der Waals surface area contributed by atoms with Gasteiger partial charge >= 0.3 is 12.0 Å². The Bertz CT molecular complexity index is 993. The van der Waals surface area contributed by atoms with Crippen LogP contribution in [0.5, 0.6) is 0 Å². The SMILES string of the molecule is Cc1ccc(C(=O)C(OC(=O)CN2C(=O)NC(C)(C)C2=O)c2ccc(C)cc2)cc1. The van der Waals surface area contributed by atoms with E-state index in [2.05, 4.69) is 5.32 Å². The number of imide groups is 1. The molecule has 1 aliphatic heterocycles. The third-order valence-electron chi connectivity index (χ3n) is 4.94. The Kier molecular flexibility index (Phi) is 5.73. The Morgan fingerprint density at radius 1 is 0.967 bits per heavy atom. The minimum atomic E-state index is -1.19. The molecule has 1 unspecified atom stereocenters. The number of nitrogens with one attached hydrogen (secondary N) is 1. The van der Waals surface area contributed by atoms with Gasteiger partial charge in [-0.15, -0.1) is 0 Å². The lowest BCUT2D eigenvalue weighted by Gasteiger charge is -2.20. The molecule has 0 aliphatic carbocycles. The van der Waals surface area contributed by atoms with E-state index in [9.17, 15) is 19.2 Å². The fourth-order valence-corrected chi connectivity index (χ4v) is 3.14. The Morgan fingerprint density at radius 3 is 2.00 bits per heavy atom. The van der Waals surface area contributed by atoms with E-state index in [1.54, 1.807) is 50.2 Å². The van der Waals surface area contributed by atoms with Gasteiger partial charge in [-0.3, -0.25) is 19.3 Å². The van der Waals surface area contributed by atoms with Crippen molar-refractivity contribution in [3.63, 3.8) is 0 Å². The third kappa shape index (κ3) is 4.40. The average molecular weight is 408 g/mol. The van der Waals surface area contributed by atoms with Gasteiger partial charge in [0.15, 0.2) is 6.10 Å². The van der Waals surface area contributed by atoms with E-state index in [0.717, 1.165) is 16.0 Å². The molecule has 30 heavy (non-hydrogen) atoms. The van der Waals surface area contributed by atoms with Gasteiger partial charge < -0.3 is 10.1 Å². The van der Waals surface area contributed by atoms with Gasteiger partial charge in [-0.1, -0.05) is 59.7 Å². The Hall–Kier alpha value is -3.48. The highest BCUT2D eigenvalue weighted by atomic mass is 16.5. The third-order valence-corrected chi connectivity index (χ3v) is 4.94. The highest BCUT2D eigenvalue weighted by Gasteiger charge is 2.45. The number of hydrogen-bond donors (Lipinski definition) is 1. The molecule has 2 aromatic carbocycles. The number of nitrogens with zero attached hydrogens (tertiary/aromatic N) is 1. The van der Waals surface area contributed by atoms with Crippen LogP contribution < -0.4 is 5.32 Å². The van der Waals surface area contributed by atoms with Crippen LogP contribution in [0.25, 0.3) is 0 Å². The summed E-state index contributed by atoms with van der Waals surface area (Å²) in [5.41, 5.74) is 1.81. The highest BCUT2D eigenvalue weighted by molar-refractivity contribution is 6.08. The van der Waals surface area contributed by atoms with Crippen molar-refractivity contribution in [3.8, 4) is 0 Å². The van der Waals surface area contributed by atoms with Gasteiger partial charge in [-0.05, 0) is 27.7 Å². The van der Waals surface area contributed by atoms with E-state index < -0.39 is 36.1 Å². The minimum Gasteiger partial charge on any atom is -0.448 e. The number of esters is 1. The molecule has 3 rings (SSSR count). The van der Waals surface area contributed by atoms with Gasteiger partial charge in [0.25, 0.3) is 5.91 Å². The number of carbonyl (C=O) groups excluding carboxylic acids is 4. The van der Waals surface area contributed by atoms with Crippen molar-refractivity contribution in [2.24, 2.45) is 0 Å². The van der Waals surface area contributed by atoms with Crippen LogP contribution in [0, 0.1) is 13.8 Å². The Balaban J connectivity index is 1.83. The first kappa shape index (κ1) is 21.2. The van der Waals surface area contributed by atoms with E-state index in [4.69, 9.17) is 4.74 Å². The largest absolute Gasteiger partial charge is 0.448 e. The van der Waals surface area contributed by atoms with Crippen molar-refractivity contribution >= 4 is 23.7 Å². The van der Waals surface area contributed by atoms with Crippen LogP contribution in [-0.4, -0.2) is 40.7 Å². The molecule has 0 radical (unpaired) electrons. The summed E-state index contributed by atoms with van der Waals surface area (Å²) >= 11 is 0. The number of benzene rings is 2. The van der Waals surface area contributed by atoms with Crippen LogP contribution in [0.15, 0.2) is 48.5 Å². The molecule has 0 saturated carbocycles. The average Bonchev–Trinajstić information content (AvgIpc) is 2.88. The first-order valence-electron chi connectivity index (χ1n) is 9.59. The zero-order chi connectivity index (χ0) is 22.1. The van der Waals surface area contributed by atoms with Crippen LogP contribution in [0.4, 0.5) is 4.79 Å². The summed E-state index contributed by atoms with van der Waals surface area (Å²) in [6.07, 6.45) is -1.19. The molecule has 1 aliphatic rings. The van der Waals surface area contributed by atoms with Crippen molar-refractivity contribution in [2.75, 3.05) is 6.54 Å². The van der Waals surface area contributed by atoms with Crippen molar-refractivity contribution in [1.29, 1.82) is 0 Å². The molecule has 0 aromatic heterocycles. The van der Waals surface area contributed by atoms with Crippen LogP contribution in [-0.2, 0) is 14.3 Å². The van der Waals surface area contributed by atoms with Gasteiger partial charge in [0.05, 0.1) is 0 Å². The minimum absolute atomic E-state index is 0.385. The highest BCUT2D eigenvalue weighted by Crippen LogP contribution is 2.24. The van der Waals surface area contributed by atoms with E-state index >= 15 is 0 Å². The van der Waals surface area contributed by atoms with Crippen LogP contribution in [0.2, 0.25) is 0 Å². The standard InChI is InChI=1S/C23H24N2O5/c1-14-5-9-16(10-6-14)19(27)20(17-11-7-15(2)8-12-17)30-18(26)13-25-21(28)23(3,4)24-22(25)29/h5-12,20H,13H2,1-4H3,(H,24,29). The predicted octanol–water partition coefficient (Wildman–Crippen LogP) is 3.10. The van der Waals surface area contributed by atoms with Gasteiger partial charge in [0.2, 0.25) is 5.78 Å². The summed E-state index contributed by atoms with van der Waals surface area (Å²) < 4.78 is 5.49. The Labute approximate surface area is 175 Å². The second kappa shape index (κ2) is 8.10. The summed E-state index contributed by atoms with van der Waals surface area (Å²) in [6, 6.07) is 13.4. The quantitative estimate of drug-likeness (QED) is 0.450. The molecule has 0 bridgehead atoms. The second-order valence-corrected chi connectivity index (χ2v) is 7.96. The number of urea groups is 1.